The van der Waals surface area contributed by atoms with E-state index < -0.39 is 5.97 Å². The number of likely N-dealkylation sites (tertiary alicyclic amines) is 2. The molecule has 5 rings (SSSR count). The van der Waals surface area contributed by atoms with E-state index in [-0.39, 0.29) is 11.8 Å². The third-order valence-electron chi connectivity index (χ3n) is 7.87. The van der Waals surface area contributed by atoms with Crippen LogP contribution in [0.2, 0.25) is 0 Å². The van der Waals surface area contributed by atoms with Gasteiger partial charge in [0.2, 0.25) is 0 Å². The maximum atomic E-state index is 13.6. The lowest BCUT2D eigenvalue weighted by atomic mass is 9.86. The van der Waals surface area contributed by atoms with Crippen LogP contribution in [-0.2, 0) is 4.74 Å². The topological polar surface area (TPSA) is 49.9 Å². The number of nitrogens with zero attached hydrogens (tertiary/aromatic N) is 2. The van der Waals surface area contributed by atoms with Crippen molar-refractivity contribution in [3.05, 3.63) is 107 Å². The van der Waals surface area contributed by atoms with Crippen LogP contribution in [0.15, 0.2) is 84.9 Å². The third kappa shape index (κ3) is 5.21. The Morgan fingerprint density at radius 2 is 1.36 bits per heavy atom. The normalized spacial score (nSPS) is 20.9. The highest BCUT2D eigenvalue weighted by Crippen LogP contribution is 2.36. The van der Waals surface area contributed by atoms with Gasteiger partial charge in [-0.3, -0.25) is 4.79 Å². The van der Waals surface area contributed by atoms with Gasteiger partial charge < -0.3 is 14.5 Å². The Labute approximate surface area is 213 Å². The molecule has 2 heterocycles. The molecule has 2 aliphatic heterocycles. The molecule has 186 valence electrons. The van der Waals surface area contributed by atoms with Crippen LogP contribution in [0, 0.1) is 5.92 Å². The molecule has 0 radical (unpaired) electrons. The van der Waals surface area contributed by atoms with E-state index in [1.807, 2.05) is 11.0 Å². The highest BCUT2D eigenvalue weighted by Gasteiger charge is 2.38. The van der Waals surface area contributed by atoms with Crippen LogP contribution in [0.3, 0.4) is 0 Å². The Bertz CT molecular complexity index is 1170. The van der Waals surface area contributed by atoms with Crippen molar-refractivity contribution in [2.75, 3.05) is 39.8 Å². The zero-order valence-electron chi connectivity index (χ0n) is 20.9. The maximum Gasteiger partial charge on any atom is 0.338 e. The van der Waals surface area contributed by atoms with Crippen molar-refractivity contribution in [2.45, 2.75) is 24.7 Å². The second-order valence-electron chi connectivity index (χ2n) is 10.0. The Morgan fingerprint density at radius 3 is 2.00 bits per heavy atom. The quantitative estimate of drug-likeness (QED) is 0.453. The number of carbonyl (C=O) groups excluding carboxylic acids is 2. The molecule has 2 atom stereocenters. The van der Waals surface area contributed by atoms with Crippen LogP contribution < -0.4 is 0 Å². The molecule has 0 spiro atoms. The summed E-state index contributed by atoms with van der Waals surface area (Å²) in [7, 11) is 1.35. The number of methoxy groups -OCH3 is 1. The number of hydrogen-bond acceptors (Lipinski definition) is 4. The van der Waals surface area contributed by atoms with E-state index in [1.165, 1.54) is 31.1 Å². The lowest BCUT2D eigenvalue weighted by Gasteiger charge is -2.34. The van der Waals surface area contributed by atoms with Crippen molar-refractivity contribution in [3.63, 3.8) is 0 Å². The van der Waals surface area contributed by atoms with E-state index in [1.54, 1.807) is 24.3 Å². The number of carbonyl (C=O) groups is 2. The molecule has 0 aromatic heterocycles. The number of benzene rings is 3. The summed E-state index contributed by atoms with van der Waals surface area (Å²) >= 11 is 0. The van der Waals surface area contributed by atoms with Crippen molar-refractivity contribution in [2.24, 2.45) is 5.92 Å². The van der Waals surface area contributed by atoms with Crippen LogP contribution in [0.25, 0.3) is 0 Å². The molecule has 0 aliphatic carbocycles. The number of amides is 1. The summed E-state index contributed by atoms with van der Waals surface area (Å²) in [6.45, 7) is 4.48. The molecule has 2 fully saturated rings. The minimum absolute atomic E-state index is 0.0952. The highest BCUT2D eigenvalue weighted by atomic mass is 16.5. The third-order valence-corrected chi connectivity index (χ3v) is 7.87. The molecule has 3 aromatic rings. The van der Waals surface area contributed by atoms with Crippen molar-refractivity contribution < 1.29 is 14.3 Å². The Morgan fingerprint density at radius 1 is 0.778 bits per heavy atom. The minimum Gasteiger partial charge on any atom is -0.465 e. The number of ether oxygens (including phenoxy) is 1. The summed E-state index contributed by atoms with van der Waals surface area (Å²) in [6.07, 6.45) is 2.34. The molecule has 5 heteroatoms. The first-order chi connectivity index (χ1) is 17.6. The highest BCUT2D eigenvalue weighted by molar-refractivity contribution is 6.05. The lowest BCUT2D eigenvalue weighted by molar-refractivity contribution is 0.0591. The van der Waals surface area contributed by atoms with Gasteiger partial charge in [-0.25, -0.2) is 4.79 Å². The fourth-order valence-electron chi connectivity index (χ4n) is 5.93. The van der Waals surface area contributed by atoms with Crippen molar-refractivity contribution in [1.82, 2.24) is 9.80 Å². The minimum atomic E-state index is -0.476. The van der Waals surface area contributed by atoms with E-state index in [0.29, 0.717) is 36.1 Å². The lowest BCUT2D eigenvalue weighted by Crippen LogP contribution is -2.38. The van der Waals surface area contributed by atoms with Gasteiger partial charge in [0, 0.05) is 25.6 Å². The van der Waals surface area contributed by atoms with E-state index in [2.05, 4.69) is 59.5 Å². The molecular weight excluding hydrogens is 448 g/mol. The van der Waals surface area contributed by atoms with Crippen LogP contribution >= 0.6 is 0 Å². The molecule has 1 amide bonds. The Balaban J connectivity index is 1.31. The molecule has 5 nitrogen and oxygen atoms in total. The predicted octanol–water partition coefficient (Wildman–Crippen LogP) is 5.21. The summed E-state index contributed by atoms with van der Waals surface area (Å²) in [5.41, 5.74) is 3.47. The number of rotatable bonds is 6. The molecular formula is C31H34N2O3. The molecule has 36 heavy (non-hydrogen) atoms. The summed E-state index contributed by atoms with van der Waals surface area (Å²) in [4.78, 5) is 30.4. The van der Waals surface area contributed by atoms with Gasteiger partial charge in [-0.2, -0.15) is 0 Å². The van der Waals surface area contributed by atoms with Crippen LogP contribution in [-0.4, -0.2) is 61.5 Å². The van der Waals surface area contributed by atoms with E-state index in [4.69, 9.17) is 4.74 Å². The van der Waals surface area contributed by atoms with Crippen LogP contribution in [0.4, 0.5) is 0 Å². The number of esters is 1. The van der Waals surface area contributed by atoms with Crippen molar-refractivity contribution in [3.8, 4) is 0 Å². The molecule has 1 unspecified atom stereocenters. The maximum absolute atomic E-state index is 13.6. The number of hydrogen-bond donors (Lipinski definition) is 0. The fourth-order valence-corrected chi connectivity index (χ4v) is 5.93. The van der Waals surface area contributed by atoms with Gasteiger partial charge in [-0.1, -0.05) is 72.8 Å². The smallest absolute Gasteiger partial charge is 0.338 e. The zero-order chi connectivity index (χ0) is 24.9. The predicted molar refractivity (Wildman–Crippen MR) is 141 cm³/mol. The first-order valence-electron chi connectivity index (χ1n) is 12.9. The van der Waals surface area contributed by atoms with Crippen LogP contribution in [0.5, 0.6) is 0 Å². The second kappa shape index (κ2) is 11.1. The molecule has 0 saturated carbocycles. The largest absolute Gasteiger partial charge is 0.465 e. The van der Waals surface area contributed by atoms with E-state index in [0.717, 1.165) is 19.6 Å². The second-order valence-corrected chi connectivity index (χ2v) is 10.0. The van der Waals surface area contributed by atoms with Crippen LogP contribution in [0.1, 0.15) is 56.5 Å². The summed E-state index contributed by atoms with van der Waals surface area (Å²) in [5, 5.41) is 0. The molecule has 0 N–H and O–H groups in total. The summed E-state index contributed by atoms with van der Waals surface area (Å²) in [6, 6.07) is 28.4. The SMILES string of the molecule is COC(=O)c1ccccc1C(=O)N1CC(c2ccccc2)[C@@H](CN2CCC(c3ccccc3)CC2)C1. The standard InChI is InChI=1S/C31H34N2O3/c1-36-31(35)28-15-9-8-14-27(28)30(34)33-21-26(29(22-33)25-12-6-3-7-13-25)20-32-18-16-24(17-19-32)23-10-4-2-5-11-23/h2-15,24,26,29H,16-22H2,1H3/t26-,29?/m0/s1. The van der Waals surface area contributed by atoms with Gasteiger partial charge >= 0.3 is 5.97 Å². The first kappa shape index (κ1) is 24.3. The Kier molecular flexibility index (Phi) is 7.47. The zero-order valence-corrected chi connectivity index (χ0v) is 20.9. The van der Waals surface area contributed by atoms with Crippen molar-refractivity contribution in [1.29, 1.82) is 0 Å². The average molecular weight is 483 g/mol. The molecule has 2 saturated heterocycles. The van der Waals surface area contributed by atoms with E-state index in [9.17, 15) is 9.59 Å². The van der Waals surface area contributed by atoms with Gasteiger partial charge in [0.05, 0.1) is 18.2 Å². The van der Waals surface area contributed by atoms with Crippen molar-refractivity contribution >= 4 is 11.9 Å². The first-order valence-corrected chi connectivity index (χ1v) is 12.9. The average Bonchev–Trinajstić information content (AvgIpc) is 3.37. The molecule has 2 aliphatic rings. The number of piperidine rings is 1. The van der Waals surface area contributed by atoms with Gasteiger partial charge in [-0.15, -0.1) is 0 Å². The van der Waals surface area contributed by atoms with Gasteiger partial charge in [0.25, 0.3) is 5.91 Å². The van der Waals surface area contributed by atoms with Gasteiger partial charge in [-0.05, 0) is 61.0 Å². The van der Waals surface area contributed by atoms with Gasteiger partial charge in [0.1, 0.15) is 0 Å². The summed E-state index contributed by atoms with van der Waals surface area (Å²) < 4.78 is 4.93. The molecule has 3 aromatic carbocycles. The van der Waals surface area contributed by atoms with Gasteiger partial charge in [0.15, 0.2) is 0 Å². The fraction of sp³-hybridized carbons (Fsp3) is 0.355. The van der Waals surface area contributed by atoms with E-state index >= 15 is 0 Å². The Hall–Kier alpha value is -3.44. The molecule has 0 bridgehead atoms. The summed E-state index contributed by atoms with van der Waals surface area (Å²) in [5.74, 6) is 0.670. The monoisotopic (exact) mass is 482 g/mol.